The van der Waals surface area contributed by atoms with Gasteiger partial charge in [-0.2, -0.15) is 4.39 Å². The summed E-state index contributed by atoms with van der Waals surface area (Å²) in [6.45, 7) is 0. The third-order valence-electron chi connectivity index (χ3n) is 2.32. The lowest BCUT2D eigenvalue weighted by Gasteiger charge is -2.02. The molecule has 0 aliphatic rings. The summed E-state index contributed by atoms with van der Waals surface area (Å²) in [5, 5.41) is 10.4. The van der Waals surface area contributed by atoms with E-state index in [2.05, 4.69) is 0 Å². The van der Waals surface area contributed by atoms with E-state index in [4.69, 9.17) is 0 Å². The van der Waals surface area contributed by atoms with Crippen molar-refractivity contribution in [3.63, 3.8) is 0 Å². The summed E-state index contributed by atoms with van der Waals surface area (Å²) in [6, 6.07) is 9.03. The number of halogens is 2. The van der Waals surface area contributed by atoms with Crippen molar-refractivity contribution in [1.29, 1.82) is 0 Å². The maximum atomic E-state index is 13.4. The van der Waals surface area contributed by atoms with Gasteiger partial charge in [0.15, 0.2) is 0 Å². The second-order valence-electron chi connectivity index (χ2n) is 3.43. The van der Waals surface area contributed by atoms with Crippen molar-refractivity contribution in [3.05, 3.63) is 64.2 Å². The Morgan fingerprint density at radius 3 is 2.06 bits per heavy atom. The lowest BCUT2D eigenvalue weighted by molar-refractivity contribution is -0.387. The number of benzene rings is 2. The molecule has 0 aromatic heterocycles. The Labute approximate surface area is 95.5 Å². The minimum Gasteiger partial charge on any atom is -0.258 e. The van der Waals surface area contributed by atoms with Gasteiger partial charge in [-0.15, -0.1) is 0 Å². The fraction of sp³-hybridized carbons (Fsp3) is 0. The molecule has 0 fully saturated rings. The first-order valence-electron chi connectivity index (χ1n) is 4.78. The Balaban J connectivity index is 2.44. The zero-order chi connectivity index (χ0) is 12.4. The second kappa shape index (κ2) is 4.29. The minimum absolute atomic E-state index is 0.392. The van der Waals surface area contributed by atoms with Gasteiger partial charge in [0.05, 0.1) is 4.92 Å². The molecule has 0 saturated carbocycles. The first-order valence-corrected chi connectivity index (χ1v) is 4.78. The molecule has 0 atom stereocenters. The summed E-state index contributed by atoms with van der Waals surface area (Å²) in [5.41, 5.74) is 0.490. The highest BCUT2D eigenvalue weighted by Crippen LogP contribution is 2.25. The lowest BCUT2D eigenvalue weighted by Crippen LogP contribution is -1.92. The van der Waals surface area contributed by atoms with E-state index in [0.717, 1.165) is 12.1 Å². The van der Waals surface area contributed by atoms with E-state index in [1.807, 2.05) is 0 Å². The maximum Gasteiger partial charge on any atom is 0.304 e. The zero-order valence-corrected chi connectivity index (χ0v) is 8.56. The van der Waals surface area contributed by atoms with Crippen molar-refractivity contribution < 1.29 is 13.7 Å². The predicted octanol–water partition coefficient (Wildman–Crippen LogP) is 3.54. The monoisotopic (exact) mass is 235 g/mol. The van der Waals surface area contributed by atoms with Crippen LogP contribution in [0.4, 0.5) is 14.5 Å². The van der Waals surface area contributed by atoms with E-state index in [0.29, 0.717) is 11.1 Å². The molecule has 0 unspecified atom stereocenters. The largest absolute Gasteiger partial charge is 0.304 e. The maximum absolute atomic E-state index is 13.4. The number of hydrogen-bond acceptors (Lipinski definition) is 2. The van der Waals surface area contributed by atoms with E-state index >= 15 is 0 Å². The second-order valence-corrected chi connectivity index (χ2v) is 3.43. The summed E-state index contributed by atoms with van der Waals surface area (Å²) in [7, 11) is 0. The Hall–Kier alpha value is -2.30. The highest BCUT2D eigenvalue weighted by molar-refractivity contribution is 5.64. The average molecular weight is 235 g/mol. The number of nitro benzene ring substituents is 1. The van der Waals surface area contributed by atoms with Gasteiger partial charge < -0.3 is 0 Å². The van der Waals surface area contributed by atoms with Gasteiger partial charge in [-0.25, -0.2) is 4.39 Å². The Morgan fingerprint density at radius 2 is 1.53 bits per heavy atom. The molecule has 0 radical (unpaired) electrons. The van der Waals surface area contributed by atoms with E-state index in [-0.39, 0.29) is 0 Å². The molecule has 0 aliphatic heterocycles. The van der Waals surface area contributed by atoms with Crippen LogP contribution in [-0.4, -0.2) is 4.92 Å². The van der Waals surface area contributed by atoms with Crippen molar-refractivity contribution in [2.75, 3.05) is 0 Å². The topological polar surface area (TPSA) is 43.1 Å². The summed E-state index contributed by atoms with van der Waals surface area (Å²) in [6.07, 6.45) is 0. The molecule has 0 heterocycles. The van der Waals surface area contributed by atoms with Crippen LogP contribution in [0.3, 0.4) is 0 Å². The SMILES string of the molecule is O=[N+]([O-])c1ccc(-c2ccc(F)cc2)cc1F. The van der Waals surface area contributed by atoms with Crippen LogP contribution >= 0.6 is 0 Å². The normalized spacial score (nSPS) is 10.2. The Bertz CT molecular complexity index is 567. The van der Waals surface area contributed by atoms with Crippen LogP contribution < -0.4 is 0 Å². The van der Waals surface area contributed by atoms with E-state index in [1.54, 1.807) is 0 Å². The number of nitrogens with zero attached hydrogens (tertiary/aromatic N) is 1. The molecule has 0 spiro atoms. The molecule has 3 nitrogen and oxygen atoms in total. The van der Waals surface area contributed by atoms with Gasteiger partial charge >= 0.3 is 5.69 Å². The molecule has 0 aliphatic carbocycles. The third kappa shape index (κ3) is 2.28. The van der Waals surface area contributed by atoms with Gasteiger partial charge in [0.25, 0.3) is 0 Å². The van der Waals surface area contributed by atoms with Crippen molar-refractivity contribution in [3.8, 4) is 11.1 Å². The fourth-order valence-corrected chi connectivity index (χ4v) is 1.48. The molecule has 5 heteroatoms. The first-order chi connectivity index (χ1) is 8.08. The highest BCUT2D eigenvalue weighted by atomic mass is 19.1. The van der Waals surface area contributed by atoms with Crippen LogP contribution in [0.2, 0.25) is 0 Å². The van der Waals surface area contributed by atoms with Gasteiger partial charge in [0.2, 0.25) is 5.82 Å². The van der Waals surface area contributed by atoms with Crippen molar-refractivity contribution >= 4 is 5.69 Å². The van der Waals surface area contributed by atoms with Crippen molar-refractivity contribution in [2.45, 2.75) is 0 Å². The van der Waals surface area contributed by atoms with Crippen LogP contribution in [-0.2, 0) is 0 Å². The molecular weight excluding hydrogens is 228 g/mol. The molecule has 17 heavy (non-hydrogen) atoms. The van der Waals surface area contributed by atoms with Gasteiger partial charge in [-0.3, -0.25) is 10.1 Å². The smallest absolute Gasteiger partial charge is 0.258 e. The number of rotatable bonds is 2. The molecule has 2 aromatic rings. The quantitative estimate of drug-likeness (QED) is 0.590. The van der Waals surface area contributed by atoms with Crippen molar-refractivity contribution in [2.24, 2.45) is 0 Å². The van der Waals surface area contributed by atoms with Crippen LogP contribution in [0.25, 0.3) is 11.1 Å². The Kier molecular flexibility index (Phi) is 2.82. The molecule has 86 valence electrons. The number of nitro groups is 1. The molecule has 0 saturated heterocycles. The summed E-state index contributed by atoms with van der Waals surface area (Å²) in [4.78, 5) is 9.64. The third-order valence-corrected chi connectivity index (χ3v) is 2.32. The van der Waals surface area contributed by atoms with Crippen molar-refractivity contribution in [1.82, 2.24) is 0 Å². The molecule has 0 N–H and O–H groups in total. The van der Waals surface area contributed by atoms with Crippen LogP contribution in [0.5, 0.6) is 0 Å². The predicted molar refractivity (Wildman–Crippen MR) is 58.4 cm³/mol. The molecule has 0 amide bonds. The fourth-order valence-electron chi connectivity index (χ4n) is 1.48. The minimum atomic E-state index is -0.906. The van der Waals surface area contributed by atoms with Crippen LogP contribution in [0.15, 0.2) is 42.5 Å². The highest BCUT2D eigenvalue weighted by Gasteiger charge is 2.14. The molecular formula is C12H7F2NO2. The van der Waals surface area contributed by atoms with Gasteiger partial charge in [-0.1, -0.05) is 12.1 Å². The van der Waals surface area contributed by atoms with E-state index < -0.39 is 22.2 Å². The Morgan fingerprint density at radius 1 is 0.941 bits per heavy atom. The standard InChI is InChI=1S/C12H7F2NO2/c13-10-4-1-8(2-5-10)9-3-6-12(15(16)17)11(14)7-9/h1-7H. The number of hydrogen-bond donors (Lipinski definition) is 0. The van der Waals surface area contributed by atoms with E-state index in [9.17, 15) is 18.9 Å². The summed E-state index contributed by atoms with van der Waals surface area (Å²) >= 11 is 0. The summed E-state index contributed by atoms with van der Waals surface area (Å²) in [5.74, 6) is -1.30. The molecule has 2 aromatic carbocycles. The van der Waals surface area contributed by atoms with E-state index in [1.165, 1.54) is 30.3 Å². The lowest BCUT2D eigenvalue weighted by atomic mass is 10.1. The van der Waals surface area contributed by atoms with Gasteiger partial charge in [0.1, 0.15) is 5.82 Å². The van der Waals surface area contributed by atoms with Crippen LogP contribution in [0, 0.1) is 21.7 Å². The summed E-state index contributed by atoms with van der Waals surface area (Å²) < 4.78 is 26.0. The molecule has 2 rings (SSSR count). The van der Waals surface area contributed by atoms with Gasteiger partial charge in [0, 0.05) is 6.07 Å². The van der Waals surface area contributed by atoms with Gasteiger partial charge in [-0.05, 0) is 35.4 Å². The molecule has 0 bridgehead atoms. The van der Waals surface area contributed by atoms with Crippen LogP contribution in [0.1, 0.15) is 0 Å². The average Bonchev–Trinajstić information content (AvgIpc) is 2.29. The zero-order valence-electron chi connectivity index (χ0n) is 8.56. The first kappa shape index (κ1) is 11.2.